The second kappa shape index (κ2) is 7.03. The van der Waals surface area contributed by atoms with Crippen molar-refractivity contribution in [2.24, 2.45) is 0 Å². The van der Waals surface area contributed by atoms with E-state index in [9.17, 15) is 14.0 Å². The fraction of sp³-hybridized carbons (Fsp3) is 0.0909. The average molecular weight is 361 g/mol. The van der Waals surface area contributed by atoms with Gasteiger partial charge in [0.2, 0.25) is 0 Å². The molecular weight excluding hydrogens is 345 g/mol. The summed E-state index contributed by atoms with van der Waals surface area (Å²) in [6, 6.07) is 21.1. The molecule has 1 aliphatic heterocycles. The van der Waals surface area contributed by atoms with E-state index in [2.05, 4.69) is 0 Å². The fourth-order valence-electron chi connectivity index (χ4n) is 3.26. The Labute approximate surface area is 155 Å². The third kappa shape index (κ3) is 3.31. The van der Waals surface area contributed by atoms with Crippen LogP contribution in [0.1, 0.15) is 28.4 Å². The Bertz CT molecular complexity index is 986. The van der Waals surface area contributed by atoms with Crippen LogP contribution < -0.4 is 9.64 Å². The quantitative estimate of drug-likeness (QED) is 0.603. The minimum atomic E-state index is -0.592. The minimum absolute atomic E-state index is 0.0859. The van der Waals surface area contributed by atoms with Gasteiger partial charge in [0, 0.05) is 23.2 Å². The van der Waals surface area contributed by atoms with E-state index in [4.69, 9.17) is 4.74 Å². The molecule has 0 bridgehead atoms. The monoisotopic (exact) mass is 361 g/mol. The molecule has 27 heavy (non-hydrogen) atoms. The van der Waals surface area contributed by atoms with Gasteiger partial charge in [0.05, 0.1) is 6.04 Å². The Balaban J connectivity index is 1.75. The number of rotatable bonds is 4. The molecule has 0 fully saturated rings. The molecular formula is C22H16FNO3. The van der Waals surface area contributed by atoms with Crippen LogP contribution in [-0.2, 0) is 0 Å². The predicted molar refractivity (Wildman–Crippen MR) is 99.5 cm³/mol. The van der Waals surface area contributed by atoms with E-state index in [1.165, 1.54) is 29.2 Å². The number of Topliss-reactive ketones (excluding diaryl/α,β-unsaturated/α-hetero) is 1. The standard InChI is InChI=1S/C22H16FNO3/c23-16-10-12-17(13-11-16)24-19(14-20(25)15-6-2-1-3-7-15)18-8-4-5-9-21(18)27-22(24)26/h1-13,19H,14H2/t19-/m0/s1. The van der Waals surface area contributed by atoms with Crippen LogP contribution in [0, 0.1) is 5.82 Å². The predicted octanol–water partition coefficient (Wildman–Crippen LogP) is 5.16. The Hall–Kier alpha value is -3.47. The Morgan fingerprint density at radius 2 is 1.59 bits per heavy atom. The summed E-state index contributed by atoms with van der Waals surface area (Å²) >= 11 is 0. The molecule has 0 aliphatic carbocycles. The van der Waals surface area contributed by atoms with E-state index >= 15 is 0 Å². The number of carbonyl (C=O) groups excluding carboxylic acids is 2. The van der Waals surface area contributed by atoms with Gasteiger partial charge in [0.15, 0.2) is 5.78 Å². The number of para-hydroxylation sites is 1. The van der Waals surface area contributed by atoms with Crippen molar-refractivity contribution in [1.82, 2.24) is 0 Å². The van der Waals surface area contributed by atoms with Gasteiger partial charge in [-0.2, -0.15) is 0 Å². The summed E-state index contributed by atoms with van der Waals surface area (Å²) in [5, 5.41) is 0. The maximum Gasteiger partial charge on any atom is 0.420 e. The first-order valence-electron chi connectivity index (χ1n) is 8.57. The third-order valence-corrected chi connectivity index (χ3v) is 4.56. The highest BCUT2D eigenvalue weighted by Gasteiger charge is 2.36. The smallest absolute Gasteiger partial charge is 0.410 e. The van der Waals surface area contributed by atoms with E-state index in [1.54, 1.807) is 36.4 Å². The van der Waals surface area contributed by atoms with Crippen LogP contribution in [0.2, 0.25) is 0 Å². The number of amides is 1. The molecule has 5 heteroatoms. The molecule has 3 aromatic rings. The van der Waals surface area contributed by atoms with Crippen LogP contribution >= 0.6 is 0 Å². The van der Waals surface area contributed by atoms with Gasteiger partial charge in [0.1, 0.15) is 11.6 Å². The summed E-state index contributed by atoms with van der Waals surface area (Å²) in [7, 11) is 0. The summed E-state index contributed by atoms with van der Waals surface area (Å²) in [6.45, 7) is 0. The first kappa shape index (κ1) is 17.0. The van der Waals surface area contributed by atoms with Gasteiger partial charge in [-0.25, -0.2) is 9.18 Å². The molecule has 0 saturated carbocycles. The van der Waals surface area contributed by atoms with Crippen molar-refractivity contribution in [3.63, 3.8) is 0 Å². The number of ketones is 1. The van der Waals surface area contributed by atoms with Crippen molar-refractivity contribution in [1.29, 1.82) is 0 Å². The Kier molecular flexibility index (Phi) is 4.42. The van der Waals surface area contributed by atoms with Gasteiger partial charge >= 0.3 is 6.09 Å². The van der Waals surface area contributed by atoms with Gasteiger partial charge in [-0.1, -0.05) is 48.5 Å². The van der Waals surface area contributed by atoms with Crippen LogP contribution in [0.25, 0.3) is 0 Å². The maximum absolute atomic E-state index is 13.3. The minimum Gasteiger partial charge on any atom is -0.410 e. The van der Waals surface area contributed by atoms with Crippen LogP contribution in [0.5, 0.6) is 5.75 Å². The maximum atomic E-state index is 13.3. The second-order valence-corrected chi connectivity index (χ2v) is 6.26. The van der Waals surface area contributed by atoms with E-state index in [0.717, 1.165) is 5.56 Å². The van der Waals surface area contributed by atoms with E-state index in [0.29, 0.717) is 17.0 Å². The zero-order chi connectivity index (χ0) is 18.8. The van der Waals surface area contributed by atoms with Crippen molar-refractivity contribution < 1.29 is 18.7 Å². The summed E-state index contributed by atoms with van der Waals surface area (Å²) in [5.41, 5.74) is 1.79. The molecule has 0 N–H and O–H groups in total. The number of hydrogen-bond acceptors (Lipinski definition) is 3. The molecule has 1 heterocycles. The number of hydrogen-bond donors (Lipinski definition) is 0. The number of anilines is 1. The van der Waals surface area contributed by atoms with Crippen LogP contribution in [-0.4, -0.2) is 11.9 Å². The highest BCUT2D eigenvalue weighted by Crippen LogP contribution is 2.40. The highest BCUT2D eigenvalue weighted by molar-refractivity contribution is 5.99. The number of halogens is 1. The van der Waals surface area contributed by atoms with Gasteiger partial charge in [-0.05, 0) is 30.3 Å². The molecule has 0 saturated heterocycles. The largest absolute Gasteiger partial charge is 0.420 e. The van der Waals surface area contributed by atoms with Crippen molar-refractivity contribution in [3.05, 3.63) is 95.8 Å². The van der Waals surface area contributed by atoms with E-state index in [-0.39, 0.29) is 12.2 Å². The van der Waals surface area contributed by atoms with Gasteiger partial charge < -0.3 is 4.74 Å². The summed E-state index contributed by atoms with van der Waals surface area (Å²) < 4.78 is 18.8. The molecule has 4 nitrogen and oxygen atoms in total. The topological polar surface area (TPSA) is 46.6 Å². The van der Waals surface area contributed by atoms with Gasteiger partial charge in [0.25, 0.3) is 0 Å². The lowest BCUT2D eigenvalue weighted by Gasteiger charge is -2.35. The van der Waals surface area contributed by atoms with Crippen LogP contribution in [0.4, 0.5) is 14.9 Å². The normalized spacial score (nSPS) is 15.8. The van der Waals surface area contributed by atoms with Crippen molar-refractivity contribution in [2.75, 3.05) is 4.90 Å². The van der Waals surface area contributed by atoms with Crippen LogP contribution in [0.15, 0.2) is 78.9 Å². The molecule has 0 spiro atoms. The summed E-state index contributed by atoms with van der Waals surface area (Å²) in [6.07, 6.45) is -0.501. The lowest BCUT2D eigenvalue weighted by Crippen LogP contribution is -2.42. The highest BCUT2D eigenvalue weighted by atomic mass is 19.1. The zero-order valence-electron chi connectivity index (χ0n) is 14.3. The second-order valence-electron chi connectivity index (χ2n) is 6.26. The van der Waals surface area contributed by atoms with E-state index < -0.39 is 18.0 Å². The number of carbonyl (C=O) groups is 2. The van der Waals surface area contributed by atoms with Crippen molar-refractivity contribution in [2.45, 2.75) is 12.5 Å². The van der Waals surface area contributed by atoms with Gasteiger partial charge in [-0.3, -0.25) is 9.69 Å². The molecule has 1 atom stereocenters. The van der Waals surface area contributed by atoms with Gasteiger partial charge in [-0.15, -0.1) is 0 Å². The Morgan fingerprint density at radius 3 is 2.33 bits per heavy atom. The summed E-state index contributed by atoms with van der Waals surface area (Å²) in [5.74, 6) is -0.0506. The molecule has 1 aliphatic rings. The third-order valence-electron chi connectivity index (χ3n) is 4.56. The lowest BCUT2D eigenvalue weighted by atomic mass is 9.94. The number of benzene rings is 3. The number of nitrogens with zero attached hydrogens (tertiary/aromatic N) is 1. The first-order valence-corrected chi connectivity index (χ1v) is 8.57. The lowest BCUT2D eigenvalue weighted by molar-refractivity contribution is 0.0971. The molecule has 1 amide bonds. The van der Waals surface area contributed by atoms with Crippen LogP contribution in [0.3, 0.4) is 0 Å². The fourth-order valence-corrected chi connectivity index (χ4v) is 3.26. The zero-order valence-corrected chi connectivity index (χ0v) is 14.3. The molecule has 4 rings (SSSR count). The molecule has 0 unspecified atom stereocenters. The molecule has 0 radical (unpaired) electrons. The summed E-state index contributed by atoms with van der Waals surface area (Å²) in [4.78, 5) is 26.9. The Morgan fingerprint density at radius 1 is 0.926 bits per heavy atom. The number of fused-ring (bicyclic) bond motifs is 1. The molecule has 0 aromatic heterocycles. The average Bonchev–Trinajstić information content (AvgIpc) is 2.69. The number of ether oxygens (including phenoxy) is 1. The van der Waals surface area contributed by atoms with E-state index in [1.807, 2.05) is 18.2 Å². The molecule has 134 valence electrons. The molecule has 3 aromatic carbocycles. The van der Waals surface area contributed by atoms with Crippen molar-refractivity contribution in [3.8, 4) is 5.75 Å². The van der Waals surface area contributed by atoms with Crippen molar-refractivity contribution >= 4 is 17.6 Å². The first-order chi connectivity index (χ1) is 13.1. The SMILES string of the molecule is O=C(C[C@H]1c2ccccc2OC(=O)N1c1ccc(F)cc1)c1ccccc1.